The van der Waals surface area contributed by atoms with E-state index in [2.05, 4.69) is 4.98 Å². The molecule has 1 aliphatic rings. The highest BCUT2D eigenvalue weighted by molar-refractivity contribution is 7.18. The maximum absolute atomic E-state index is 13.1. The van der Waals surface area contributed by atoms with E-state index in [0.717, 1.165) is 4.70 Å². The van der Waals surface area contributed by atoms with Crippen molar-refractivity contribution >= 4 is 33.2 Å². The van der Waals surface area contributed by atoms with Crippen molar-refractivity contribution in [3.05, 3.63) is 64.9 Å². The Bertz CT molecular complexity index is 1040. The van der Waals surface area contributed by atoms with Crippen LogP contribution in [0.25, 0.3) is 10.2 Å². The Labute approximate surface area is 176 Å². The van der Waals surface area contributed by atoms with Crippen molar-refractivity contribution in [1.29, 1.82) is 0 Å². The lowest BCUT2D eigenvalue weighted by Gasteiger charge is -2.34. The number of carbonyl (C=O) groups excluding carboxylic acids is 2. The topological polar surface area (TPSA) is 90.7 Å². The second-order valence-corrected chi connectivity index (χ2v) is 8.47. The average molecular weight is 428 g/mol. The van der Waals surface area contributed by atoms with E-state index in [-0.39, 0.29) is 17.3 Å². The molecule has 3 atom stereocenters. The first kappa shape index (κ1) is 20.6. The standard InChI is InChI=1S/C22H21FN2O4S/c23-15-9-7-13(8-10-15)18(26)14-4-3-11-25(12-14)22(29)20(28)19(27)21-24-16-5-1-2-6-17(16)30-21/h1-2,5-10,14,19-20,27-28H,3-4,11-12H2/t14-,19+,20+/m1/s1. The van der Waals surface area contributed by atoms with E-state index in [9.17, 15) is 24.2 Å². The molecule has 1 fully saturated rings. The number of aliphatic hydroxyl groups is 2. The van der Waals surface area contributed by atoms with Gasteiger partial charge in [0.25, 0.3) is 5.91 Å². The van der Waals surface area contributed by atoms with Gasteiger partial charge in [-0.15, -0.1) is 11.3 Å². The first-order valence-corrected chi connectivity index (χ1v) is 10.6. The Morgan fingerprint density at radius 1 is 1.13 bits per heavy atom. The monoisotopic (exact) mass is 428 g/mol. The van der Waals surface area contributed by atoms with Crippen molar-refractivity contribution in [2.24, 2.45) is 5.92 Å². The second kappa shape index (κ2) is 8.59. The van der Waals surface area contributed by atoms with Gasteiger partial charge in [0.1, 0.15) is 16.9 Å². The van der Waals surface area contributed by atoms with Crippen LogP contribution in [0.1, 0.15) is 34.3 Å². The molecule has 0 saturated carbocycles. The number of rotatable bonds is 5. The molecule has 30 heavy (non-hydrogen) atoms. The zero-order chi connectivity index (χ0) is 21.3. The van der Waals surface area contributed by atoms with E-state index in [1.54, 1.807) is 6.07 Å². The van der Waals surface area contributed by atoms with Crippen molar-refractivity contribution in [3.8, 4) is 0 Å². The van der Waals surface area contributed by atoms with Gasteiger partial charge in [-0.1, -0.05) is 12.1 Å². The fraction of sp³-hybridized carbons (Fsp3) is 0.318. The Morgan fingerprint density at radius 3 is 2.60 bits per heavy atom. The van der Waals surface area contributed by atoms with Crippen LogP contribution in [0.5, 0.6) is 0 Å². The molecule has 1 saturated heterocycles. The van der Waals surface area contributed by atoms with Gasteiger partial charge in [0.15, 0.2) is 11.9 Å². The number of nitrogens with zero attached hydrogens (tertiary/aromatic N) is 2. The van der Waals surface area contributed by atoms with Crippen LogP contribution in [-0.4, -0.2) is 51.0 Å². The smallest absolute Gasteiger partial charge is 0.254 e. The van der Waals surface area contributed by atoms with Crippen LogP contribution in [0, 0.1) is 11.7 Å². The zero-order valence-electron chi connectivity index (χ0n) is 16.1. The maximum atomic E-state index is 13.1. The molecule has 0 aliphatic carbocycles. The highest BCUT2D eigenvalue weighted by Crippen LogP contribution is 2.29. The lowest BCUT2D eigenvalue weighted by atomic mass is 9.89. The summed E-state index contributed by atoms with van der Waals surface area (Å²) in [5, 5.41) is 21.3. The third-order valence-corrected chi connectivity index (χ3v) is 6.46. The number of ketones is 1. The fourth-order valence-corrected chi connectivity index (χ4v) is 4.70. The predicted octanol–water partition coefficient (Wildman–Crippen LogP) is 2.95. The number of para-hydroxylation sites is 1. The van der Waals surface area contributed by atoms with Crippen LogP contribution < -0.4 is 0 Å². The molecule has 0 bridgehead atoms. The molecule has 2 aromatic carbocycles. The summed E-state index contributed by atoms with van der Waals surface area (Å²) >= 11 is 1.23. The van der Waals surface area contributed by atoms with Crippen molar-refractivity contribution in [3.63, 3.8) is 0 Å². The Morgan fingerprint density at radius 2 is 1.87 bits per heavy atom. The first-order valence-electron chi connectivity index (χ1n) is 9.74. The van der Waals surface area contributed by atoms with Crippen molar-refractivity contribution < 1.29 is 24.2 Å². The predicted molar refractivity (Wildman–Crippen MR) is 111 cm³/mol. The van der Waals surface area contributed by atoms with E-state index >= 15 is 0 Å². The van der Waals surface area contributed by atoms with Gasteiger partial charge in [-0.2, -0.15) is 0 Å². The number of hydrogen-bond donors (Lipinski definition) is 2. The molecule has 8 heteroatoms. The number of Topliss-reactive ketones (excluding diaryl/α,β-unsaturated/α-hetero) is 1. The molecule has 0 radical (unpaired) electrons. The third-order valence-electron chi connectivity index (χ3n) is 5.35. The molecule has 1 aliphatic heterocycles. The number of hydrogen-bond acceptors (Lipinski definition) is 6. The first-order chi connectivity index (χ1) is 14.4. The summed E-state index contributed by atoms with van der Waals surface area (Å²) in [6, 6.07) is 12.7. The molecule has 1 aromatic heterocycles. The molecule has 0 spiro atoms. The van der Waals surface area contributed by atoms with E-state index in [1.807, 2.05) is 18.2 Å². The minimum atomic E-state index is -1.66. The van der Waals surface area contributed by atoms with Crippen LogP contribution in [0.3, 0.4) is 0 Å². The fourth-order valence-electron chi connectivity index (χ4n) is 3.71. The lowest BCUT2D eigenvalue weighted by molar-refractivity contribution is -0.148. The Hall–Kier alpha value is -2.68. The number of carbonyl (C=O) groups is 2. The molecule has 156 valence electrons. The summed E-state index contributed by atoms with van der Waals surface area (Å²) in [6.07, 6.45) is -1.89. The van der Waals surface area contributed by atoms with Gasteiger partial charge in [0, 0.05) is 24.6 Å². The number of aromatic nitrogens is 1. The van der Waals surface area contributed by atoms with Crippen molar-refractivity contribution in [1.82, 2.24) is 9.88 Å². The van der Waals surface area contributed by atoms with E-state index < -0.39 is 29.9 Å². The minimum absolute atomic E-state index is 0.151. The normalized spacial score (nSPS) is 18.9. The Balaban J connectivity index is 1.45. The summed E-state index contributed by atoms with van der Waals surface area (Å²) in [7, 11) is 0. The number of likely N-dealkylation sites (tertiary alicyclic amines) is 1. The second-order valence-electron chi connectivity index (χ2n) is 7.40. The highest BCUT2D eigenvalue weighted by atomic mass is 32.1. The lowest BCUT2D eigenvalue weighted by Crippen LogP contribution is -2.48. The Kier molecular flexibility index (Phi) is 5.90. The van der Waals surface area contributed by atoms with Crippen LogP contribution >= 0.6 is 11.3 Å². The van der Waals surface area contributed by atoms with Gasteiger partial charge in [0.05, 0.1) is 10.2 Å². The summed E-state index contributed by atoms with van der Waals surface area (Å²) < 4.78 is 14.0. The van der Waals surface area contributed by atoms with Crippen LogP contribution in [-0.2, 0) is 4.79 Å². The number of fused-ring (bicyclic) bond motifs is 1. The van der Waals surface area contributed by atoms with E-state index in [0.29, 0.717) is 30.5 Å². The van der Waals surface area contributed by atoms with Crippen LogP contribution in [0.15, 0.2) is 48.5 Å². The molecular formula is C22H21FN2O4S. The summed E-state index contributed by atoms with van der Waals surface area (Å²) in [4.78, 5) is 31.3. The molecular weight excluding hydrogens is 407 g/mol. The van der Waals surface area contributed by atoms with Crippen molar-refractivity contribution in [2.75, 3.05) is 13.1 Å². The van der Waals surface area contributed by atoms with Gasteiger partial charge in [-0.3, -0.25) is 9.59 Å². The number of piperidine rings is 1. The summed E-state index contributed by atoms with van der Waals surface area (Å²) in [6.45, 7) is 0.550. The molecule has 2 heterocycles. The zero-order valence-corrected chi connectivity index (χ0v) is 16.9. The SMILES string of the molecule is O=C(c1ccc(F)cc1)[C@@H]1CCCN(C(=O)[C@@H](O)[C@H](O)c2nc3ccccc3s2)C1. The van der Waals surface area contributed by atoms with Gasteiger partial charge in [-0.25, -0.2) is 9.37 Å². The average Bonchev–Trinajstić information content (AvgIpc) is 3.22. The number of aliphatic hydroxyl groups excluding tert-OH is 2. The summed E-state index contributed by atoms with van der Waals surface area (Å²) in [5.41, 5.74) is 1.09. The molecule has 3 aromatic rings. The van der Waals surface area contributed by atoms with Crippen molar-refractivity contribution in [2.45, 2.75) is 25.0 Å². The van der Waals surface area contributed by atoms with Gasteiger partial charge < -0.3 is 15.1 Å². The van der Waals surface area contributed by atoms with Gasteiger partial charge in [0.2, 0.25) is 0 Å². The van der Waals surface area contributed by atoms with Gasteiger partial charge >= 0.3 is 0 Å². The molecule has 0 unspecified atom stereocenters. The minimum Gasteiger partial charge on any atom is -0.383 e. The van der Waals surface area contributed by atoms with Gasteiger partial charge in [-0.05, 0) is 49.2 Å². The third kappa shape index (κ3) is 4.12. The van der Waals surface area contributed by atoms with E-state index in [4.69, 9.17) is 0 Å². The molecule has 4 rings (SSSR count). The molecule has 2 N–H and O–H groups in total. The number of halogens is 1. The summed E-state index contributed by atoms with van der Waals surface area (Å²) in [5.74, 6) is -1.63. The van der Waals surface area contributed by atoms with Crippen LogP contribution in [0.4, 0.5) is 4.39 Å². The molecule has 6 nitrogen and oxygen atoms in total. The number of amides is 1. The van der Waals surface area contributed by atoms with E-state index in [1.165, 1.54) is 40.5 Å². The molecule has 1 amide bonds. The number of benzene rings is 2. The number of thiazole rings is 1. The largest absolute Gasteiger partial charge is 0.383 e. The highest BCUT2D eigenvalue weighted by Gasteiger charge is 2.35. The maximum Gasteiger partial charge on any atom is 0.254 e. The van der Waals surface area contributed by atoms with Crippen LogP contribution in [0.2, 0.25) is 0 Å². The quantitative estimate of drug-likeness (QED) is 0.610.